The van der Waals surface area contributed by atoms with Crippen molar-refractivity contribution in [2.45, 2.75) is 44.4 Å². The van der Waals surface area contributed by atoms with Crippen molar-refractivity contribution in [3.8, 4) is 0 Å². The summed E-state index contributed by atoms with van der Waals surface area (Å²) in [5, 5.41) is 20.8. The summed E-state index contributed by atoms with van der Waals surface area (Å²) < 4.78 is 17.2. The van der Waals surface area contributed by atoms with Gasteiger partial charge in [0.15, 0.2) is 18.3 Å². The molecule has 2 N–H and O–H groups in total. The van der Waals surface area contributed by atoms with Crippen molar-refractivity contribution >= 4 is 5.91 Å². The summed E-state index contributed by atoms with van der Waals surface area (Å²) in [6.45, 7) is 3.39. The maximum Gasteiger partial charge on any atom is 0.280 e. The fourth-order valence-corrected chi connectivity index (χ4v) is 3.59. The number of ether oxygens (including phenoxy) is 3. The molecule has 0 spiro atoms. The van der Waals surface area contributed by atoms with E-state index in [1.54, 1.807) is 38.1 Å². The van der Waals surface area contributed by atoms with Crippen LogP contribution in [0.15, 0.2) is 24.3 Å². The lowest BCUT2D eigenvalue weighted by atomic mass is 10.00. The van der Waals surface area contributed by atoms with Crippen molar-refractivity contribution in [2.24, 2.45) is 5.92 Å². The van der Waals surface area contributed by atoms with Crippen LogP contribution in [0.2, 0.25) is 0 Å². The maximum atomic E-state index is 12.4. The minimum atomic E-state index is -1.16. The van der Waals surface area contributed by atoms with Gasteiger partial charge in [-0.2, -0.15) is 5.06 Å². The number of nitrogens with zero attached hydrogens (tertiary/aromatic N) is 1. The normalized spacial score (nSPS) is 35.9. The molecule has 8 heteroatoms. The average molecular weight is 351 g/mol. The lowest BCUT2D eigenvalue weighted by Crippen LogP contribution is -2.38. The van der Waals surface area contributed by atoms with E-state index in [0.717, 1.165) is 5.06 Å². The zero-order valence-corrected chi connectivity index (χ0v) is 14.0. The Labute approximate surface area is 144 Å². The first-order chi connectivity index (χ1) is 11.9. The molecule has 2 fully saturated rings. The highest BCUT2D eigenvalue weighted by atomic mass is 16.8. The SMILES string of the molecule is CC1(C)O[C@H]2O[C@H](CO)[C@@H](CON3C(=O)c4ccccc4C3O)[C@H]2O1. The molecule has 0 saturated carbocycles. The van der Waals surface area contributed by atoms with Gasteiger partial charge in [0, 0.05) is 17.0 Å². The Kier molecular flexibility index (Phi) is 4.06. The van der Waals surface area contributed by atoms with Gasteiger partial charge < -0.3 is 24.4 Å². The number of hydroxylamine groups is 2. The second kappa shape index (κ2) is 6.01. The third-order valence-corrected chi connectivity index (χ3v) is 4.77. The molecule has 8 nitrogen and oxygen atoms in total. The molecule has 1 amide bonds. The summed E-state index contributed by atoms with van der Waals surface area (Å²) in [4.78, 5) is 18.0. The van der Waals surface area contributed by atoms with Crippen molar-refractivity contribution in [3.05, 3.63) is 35.4 Å². The Morgan fingerprint density at radius 3 is 2.76 bits per heavy atom. The first-order valence-electron chi connectivity index (χ1n) is 8.27. The first-order valence-corrected chi connectivity index (χ1v) is 8.27. The molecular formula is C17H21NO7. The zero-order valence-electron chi connectivity index (χ0n) is 14.0. The van der Waals surface area contributed by atoms with E-state index in [-0.39, 0.29) is 19.1 Å². The molecule has 1 unspecified atom stereocenters. The predicted molar refractivity (Wildman–Crippen MR) is 82.8 cm³/mol. The number of fused-ring (bicyclic) bond motifs is 2. The smallest absolute Gasteiger partial charge is 0.280 e. The molecule has 0 radical (unpaired) electrons. The minimum Gasteiger partial charge on any atom is -0.394 e. The van der Waals surface area contributed by atoms with Crippen LogP contribution >= 0.6 is 0 Å². The van der Waals surface area contributed by atoms with Crippen LogP contribution < -0.4 is 0 Å². The number of rotatable bonds is 4. The minimum absolute atomic E-state index is 0.0443. The molecule has 25 heavy (non-hydrogen) atoms. The second-order valence-electron chi connectivity index (χ2n) is 6.88. The second-order valence-corrected chi connectivity index (χ2v) is 6.88. The number of carbonyl (C=O) groups excluding carboxylic acids is 1. The van der Waals surface area contributed by atoms with Crippen LogP contribution in [0.3, 0.4) is 0 Å². The quantitative estimate of drug-likeness (QED) is 0.817. The van der Waals surface area contributed by atoms with E-state index < -0.39 is 36.4 Å². The number of carbonyl (C=O) groups is 1. The number of amides is 1. The molecular weight excluding hydrogens is 330 g/mol. The van der Waals surface area contributed by atoms with Crippen molar-refractivity contribution in [2.75, 3.05) is 13.2 Å². The molecule has 3 aliphatic rings. The van der Waals surface area contributed by atoms with Gasteiger partial charge in [0.25, 0.3) is 5.91 Å². The van der Waals surface area contributed by atoms with Gasteiger partial charge in [-0.3, -0.25) is 9.63 Å². The van der Waals surface area contributed by atoms with Crippen molar-refractivity contribution in [1.82, 2.24) is 5.06 Å². The van der Waals surface area contributed by atoms with E-state index in [1.807, 2.05) is 0 Å². The Morgan fingerprint density at radius 1 is 1.28 bits per heavy atom. The summed E-state index contributed by atoms with van der Waals surface area (Å²) in [6.07, 6.45) is -2.68. The standard InChI is InChI=1S/C17H21NO7/c1-17(2)24-13-11(12(7-19)23-16(13)25-17)8-22-18-14(20)9-5-3-4-6-10(9)15(18)21/h3-6,11-14,16,19-20H,7-8H2,1-2H3/t11-,12-,13-,14?,16-/m1/s1. The first kappa shape index (κ1) is 16.9. The Balaban J connectivity index is 1.47. The molecule has 0 aliphatic carbocycles. The molecule has 3 heterocycles. The molecule has 136 valence electrons. The van der Waals surface area contributed by atoms with E-state index >= 15 is 0 Å². The molecule has 5 atom stereocenters. The largest absolute Gasteiger partial charge is 0.394 e. The third kappa shape index (κ3) is 2.75. The van der Waals surface area contributed by atoms with Crippen molar-refractivity contribution in [1.29, 1.82) is 0 Å². The van der Waals surface area contributed by atoms with Gasteiger partial charge in [0.05, 0.1) is 19.3 Å². The lowest BCUT2D eigenvalue weighted by molar-refractivity contribution is -0.234. The molecule has 3 aliphatic heterocycles. The highest BCUT2D eigenvalue weighted by molar-refractivity contribution is 5.98. The molecule has 1 aromatic rings. The highest BCUT2D eigenvalue weighted by Crippen LogP contribution is 2.41. The van der Waals surface area contributed by atoms with Crippen LogP contribution in [-0.2, 0) is 19.0 Å². The fraction of sp³-hybridized carbons (Fsp3) is 0.588. The van der Waals surface area contributed by atoms with Crippen LogP contribution in [0.25, 0.3) is 0 Å². The summed E-state index contributed by atoms with van der Waals surface area (Å²) in [5.41, 5.74) is 0.921. The van der Waals surface area contributed by atoms with Crippen molar-refractivity contribution < 1.29 is 34.1 Å². The Hall–Kier alpha value is -1.55. The summed E-state index contributed by atoms with van der Waals surface area (Å²) >= 11 is 0. The van der Waals surface area contributed by atoms with Gasteiger partial charge in [-0.05, 0) is 19.9 Å². The van der Waals surface area contributed by atoms with Crippen LogP contribution in [0, 0.1) is 5.92 Å². The molecule has 0 aromatic heterocycles. The number of aliphatic hydroxyl groups is 2. The topological polar surface area (TPSA) is 97.7 Å². The van der Waals surface area contributed by atoms with Gasteiger partial charge in [0.2, 0.25) is 0 Å². The Morgan fingerprint density at radius 2 is 2.04 bits per heavy atom. The molecule has 2 saturated heterocycles. The zero-order chi connectivity index (χ0) is 17.8. The fourth-order valence-electron chi connectivity index (χ4n) is 3.59. The van der Waals surface area contributed by atoms with Crippen LogP contribution in [-0.4, -0.2) is 58.7 Å². The van der Waals surface area contributed by atoms with Crippen molar-refractivity contribution in [3.63, 3.8) is 0 Å². The van der Waals surface area contributed by atoms with Gasteiger partial charge in [-0.15, -0.1) is 0 Å². The lowest BCUT2D eigenvalue weighted by Gasteiger charge is -2.27. The van der Waals surface area contributed by atoms with E-state index in [2.05, 4.69) is 0 Å². The van der Waals surface area contributed by atoms with Crippen LogP contribution in [0.1, 0.15) is 36.0 Å². The summed E-state index contributed by atoms with van der Waals surface area (Å²) in [5.74, 6) is -1.52. The number of hydrogen-bond donors (Lipinski definition) is 2. The predicted octanol–water partition coefficient (Wildman–Crippen LogP) is 0.550. The number of hydrogen-bond acceptors (Lipinski definition) is 7. The van der Waals surface area contributed by atoms with Gasteiger partial charge in [-0.25, -0.2) is 0 Å². The van der Waals surface area contributed by atoms with Gasteiger partial charge in [-0.1, -0.05) is 18.2 Å². The van der Waals surface area contributed by atoms with E-state index in [9.17, 15) is 15.0 Å². The van der Waals surface area contributed by atoms with E-state index in [0.29, 0.717) is 11.1 Å². The number of benzene rings is 1. The molecule has 0 bridgehead atoms. The third-order valence-electron chi connectivity index (χ3n) is 4.77. The maximum absolute atomic E-state index is 12.4. The van der Waals surface area contributed by atoms with Crippen LogP contribution in [0.4, 0.5) is 0 Å². The molecule has 1 aromatic carbocycles. The molecule has 4 rings (SSSR count). The van der Waals surface area contributed by atoms with Gasteiger partial charge in [0.1, 0.15) is 6.10 Å². The van der Waals surface area contributed by atoms with E-state index in [1.165, 1.54) is 0 Å². The summed E-state index contributed by atoms with van der Waals surface area (Å²) in [7, 11) is 0. The summed E-state index contributed by atoms with van der Waals surface area (Å²) in [6, 6.07) is 6.81. The monoisotopic (exact) mass is 351 g/mol. The average Bonchev–Trinajstić information content (AvgIpc) is 3.14. The Bertz CT molecular complexity index is 679. The van der Waals surface area contributed by atoms with Gasteiger partial charge >= 0.3 is 0 Å². The van der Waals surface area contributed by atoms with Crippen LogP contribution in [0.5, 0.6) is 0 Å². The highest BCUT2D eigenvalue weighted by Gasteiger charge is 2.55. The van der Waals surface area contributed by atoms with E-state index in [4.69, 9.17) is 19.0 Å². The number of aliphatic hydroxyl groups excluding tert-OH is 2.